The molecule has 3 nitrogen and oxygen atoms in total. The van der Waals surface area contributed by atoms with Crippen LogP contribution in [0.4, 0.5) is 0 Å². The topological polar surface area (TPSA) is 21.7 Å². The van der Waals surface area contributed by atoms with E-state index in [2.05, 4.69) is 80.5 Å². The number of ether oxygens (including phenoxy) is 2. The van der Waals surface area contributed by atoms with Gasteiger partial charge in [0.05, 0.1) is 7.11 Å². The summed E-state index contributed by atoms with van der Waals surface area (Å²) in [5.41, 5.74) is 7.31. The van der Waals surface area contributed by atoms with Gasteiger partial charge in [0, 0.05) is 13.2 Å². The van der Waals surface area contributed by atoms with E-state index in [1.54, 1.807) is 7.11 Å². The van der Waals surface area contributed by atoms with E-state index < -0.39 is 0 Å². The van der Waals surface area contributed by atoms with E-state index in [4.69, 9.17) is 9.47 Å². The molecular weight excluding hydrogens is 406 g/mol. The maximum Gasteiger partial charge on any atom is 0.118 e. The average Bonchev–Trinajstić information content (AvgIpc) is 2.79. The highest BCUT2D eigenvalue weighted by atomic mass is 35.5. The van der Waals surface area contributed by atoms with Crippen LogP contribution in [0.2, 0.25) is 0 Å². The molecule has 0 heterocycles. The number of halogens is 1. The van der Waals surface area contributed by atoms with Crippen molar-refractivity contribution in [2.75, 3.05) is 28.3 Å². The van der Waals surface area contributed by atoms with Crippen LogP contribution in [0, 0.1) is 0 Å². The predicted octanol–water partition coefficient (Wildman–Crippen LogP) is 6.19. The molecule has 2 atom stereocenters. The van der Waals surface area contributed by atoms with Crippen LogP contribution in [-0.2, 0) is 16.8 Å². The lowest BCUT2D eigenvalue weighted by Crippen LogP contribution is -2.50. The Kier molecular flexibility index (Phi) is 7.10. The molecule has 0 saturated heterocycles. The summed E-state index contributed by atoms with van der Waals surface area (Å²) in [7, 11) is 7.82. The average molecular weight is 438 g/mol. The smallest absolute Gasteiger partial charge is 0.118 e. The second kappa shape index (κ2) is 9.44. The Morgan fingerprint density at radius 1 is 0.839 bits per heavy atom. The van der Waals surface area contributed by atoms with Crippen LogP contribution in [0.25, 0.3) is 22.3 Å². The molecule has 1 aliphatic carbocycles. The van der Waals surface area contributed by atoms with Crippen molar-refractivity contribution in [3.05, 3.63) is 77.9 Å². The van der Waals surface area contributed by atoms with Crippen molar-refractivity contribution in [2.45, 2.75) is 31.4 Å². The first kappa shape index (κ1) is 23.3. The molecule has 4 rings (SSSR count). The zero-order chi connectivity index (χ0) is 21.3. The van der Waals surface area contributed by atoms with Gasteiger partial charge >= 0.3 is 0 Å². The first-order valence-corrected chi connectivity index (χ1v) is 10.6. The summed E-state index contributed by atoms with van der Waals surface area (Å²) in [6.07, 6.45) is 2.17. The van der Waals surface area contributed by atoms with E-state index in [0.717, 1.165) is 18.6 Å². The van der Waals surface area contributed by atoms with Crippen molar-refractivity contribution in [1.29, 1.82) is 0 Å². The van der Waals surface area contributed by atoms with Gasteiger partial charge in [-0.05, 0) is 85.4 Å². The van der Waals surface area contributed by atoms with Gasteiger partial charge < -0.3 is 14.4 Å². The van der Waals surface area contributed by atoms with Crippen molar-refractivity contribution in [2.24, 2.45) is 0 Å². The highest BCUT2D eigenvalue weighted by Gasteiger charge is 2.41. The number of hydrogen-bond donors (Lipinski definition) is 0. The summed E-state index contributed by atoms with van der Waals surface area (Å²) in [6, 6.07) is 24.2. The van der Waals surface area contributed by atoms with Crippen molar-refractivity contribution < 1.29 is 9.47 Å². The lowest BCUT2D eigenvalue weighted by molar-refractivity contribution is -0.0686. The third-order valence-corrected chi connectivity index (χ3v) is 6.63. The Hall–Kier alpha value is -2.33. The van der Waals surface area contributed by atoms with Crippen LogP contribution in [-0.4, -0.2) is 39.3 Å². The fraction of sp³-hybridized carbons (Fsp3) is 0.333. The van der Waals surface area contributed by atoms with Gasteiger partial charge in [-0.1, -0.05) is 48.5 Å². The SMILES string of the molecule is COc1ccc(-c2cccc(-c3ccc4c(c3)CCC(N(C)C)C4(C)OC)c2)cc1.Cl. The van der Waals surface area contributed by atoms with E-state index in [1.165, 1.54) is 33.4 Å². The largest absolute Gasteiger partial charge is 0.497 e. The lowest BCUT2D eigenvalue weighted by Gasteiger charge is -2.45. The summed E-state index contributed by atoms with van der Waals surface area (Å²) in [4.78, 5) is 2.29. The second-order valence-corrected chi connectivity index (χ2v) is 8.51. The summed E-state index contributed by atoms with van der Waals surface area (Å²) in [6.45, 7) is 2.22. The minimum absolute atomic E-state index is 0. The van der Waals surface area contributed by atoms with E-state index >= 15 is 0 Å². The van der Waals surface area contributed by atoms with Gasteiger partial charge in [-0.25, -0.2) is 0 Å². The van der Waals surface area contributed by atoms with Crippen LogP contribution < -0.4 is 4.74 Å². The van der Waals surface area contributed by atoms with Crippen LogP contribution in [0.1, 0.15) is 24.5 Å². The summed E-state index contributed by atoms with van der Waals surface area (Å²) in [5.74, 6) is 0.877. The molecule has 31 heavy (non-hydrogen) atoms. The zero-order valence-electron chi connectivity index (χ0n) is 19.0. The lowest BCUT2D eigenvalue weighted by atomic mass is 9.75. The van der Waals surface area contributed by atoms with Crippen molar-refractivity contribution in [3.8, 4) is 28.0 Å². The number of likely N-dealkylation sites (N-methyl/N-ethyl adjacent to an activating group) is 1. The van der Waals surface area contributed by atoms with Gasteiger partial charge in [-0.15, -0.1) is 12.4 Å². The van der Waals surface area contributed by atoms with Crippen LogP contribution in [0.15, 0.2) is 66.7 Å². The summed E-state index contributed by atoms with van der Waals surface area (Å²) in [5, 5.41) is 0. The monoisotopic (exact) mass is 437 g/mol. The summed E-state index contributed by atoms with van der Waals surface area (Å²) < 4.78 is 11.4. The van der Waals surface area contributed by atoms with Gasteiger partial charge in [0.15, 0.2) is 0 Å². The number of methoxy groups -OCH3 is 2. The van der Waals surface area contributed by atoms with E-state index in [9.17, 15) is 0 Å². The second-order valence-electron chi connectivity index (χ2n) is 8.51. The quantitative estimate of drug-likeness (QED) is 0.475. The molecule has 1 aliphatic rings. The molecule has 0 bridgehead atoms. The van der Waals surface area contributed by atoms with Crippen molar-refractivity contribution in [3.63, 3.8) is 0 Å². The minimum Gasteiger partial charge on any atom is -0.497 e. The Labute approximate surface area is 192 Å². The minimum atomic E-state index is -0.291. The number of fused-ring (bicyclic) bond motifs is 1. The number of hydrogen-bond acceptors (Lipinski definition) is 3. The first-order valence-electron chi connectivity index (χ1n) is 10.6. The highest BCUT2D eigenvalue weighted by molar-refractivity contribution is 5.85. The molecule has 0 aliphatic heterocycles. The van der Waals surface area contributed by atoms with E-state index in [-0.39, 0.29) is 18.0 Å². The molecule has 0 spiro atoms. The molecule has 0 radical (unpaired) electrons. The molecule has 3 aromatic rings. The molecular formula is C27H32ClNO2. The van der Waals surface area contributed by atoms with E-state index in [0.29, 0.717) is 6.04 Å². The molecule has 4 heteroatoms. The maximum absolute atomic E-state index is 6.07. The number of aryl methyl sites for hydroxylation is 1. The van der Waals surface area contributed by atoms with Gasteiger partial charge in [-0.3, -0.25) is 0 Å². The van der Waals surface area contributed by atoms with Gasteiger partial charge in [0.2, 0.25) is 0 Å². The van der Waals surface area contributed by atoms with Crippen LogP contribution in [0.3, 0.4) is 0 Å². The van der Waals surface area contributed by atoms with Crippen LogP contribution >= 0.6 is 12.4 Å². The molecule has 0 saturated carbocycles. The third-order valence-electron chi connectivity index (χ3n) is 6.63. The van der Waals surface area contributed by atoms with Crippen molar-refractivity contribution in [1.82, 2.24) is 4.90 Å². The van der Waals surface area contributed by atoms with Crippen molar-refractivity contribution >= 4 is 12.4 Å². The van der Waals surface area contributed by atoms with Crippen LogP contribution in [0.5, 0.6) is 5.75 Å². The zero-order valence-corrected chi connectivity index (χ0v) is 19.8. The fourth-order valence-electron chi connectivity index (χ4n) is 4.87. The Morgan fingerprint density at radius 2 is 1.45 bits per heavy atom. The van der Waals surface area contributed by atoms with Gasteiger partial charge in [0.1, 0.15) is 11.4 Å². The third kappa shape index (κ3) is 4.36. The maximum atomic E-state index is 6.07. The molecule has 3 aromatic carbocycles. The number of benzene rings is 3. The molecule has 0 N–H and O–H groups in total. The van der Waals surface area contributed by atoms with E-state index in [1.807, 2.05) is 19.2 Å². The Bertz CT molecular complexity index is 1030. The highest BCUT2D eigenvalue weighted by Crippen LogP contribution is 2.41. The standard InChI is InChI=1S/C27H31NO2.ClH/c1-27(30-5)25-15-11-22(18-23(25)12-16-26(27)28(2)3)21-8-6-7-20(17-21)19-9-13-24(29-4)14-10-19;/h6-11,13-15,17-18,26H,12,16H2,1-5H3;1H. The summed E-state index contributed by atoms with van der Waals surface area (Å²) >= 11 is 0. The Morgan fingerprint density at radius 3 is 2.06 bits per heavy atom. The molecule has 0 aromatic heterocycles. The molecule has 164 valence electrons. The van der Waals surface area contributed by atoms with Gasteiger partial charge in [0.25, 0.3) is 0 Å². The predicted molar refractivity (Wildman–Crippen MR) is 131 cm³/mol. The number of nitrogens with zero attached hydrogens (tertiary/aromatic N) is 1. The first-order chi connectivity index (χ1) is 14.5. The fourth-order valence-corrected chi connectivity index (χ4v) is 4.87. The Balaban J connectivity index is 0.00000272. The molecule has 2 unspecified atom stereocenters. The molecule has 0 fully saturated rings. The normalized spacial score (nSPS) is 20.1. The molecule has 0 amide bonds. The number of rotatable bonds is 5. The van der Waals surface area contributed by atoms with Gasteiger partial charge in [-0.2, -0.15) is 0 Å².